The van der Waals surface area contributed by atoms with E-state index in [4.69, 9.17) is 9.47 Å². The van der Waals surface area contributed by atoms with Gasteiger partial charge in [-0.25, -0.2) is 0 Å². The van der Waals surface area contributed by atoms with E-state index in [1.54, 1.807) is 29.2 Å². The Balaban J connectivity index is 2.08. The van der Waals surface area contributed by atoms with Crippen LogP contribution in [0.2, 0.25) is 0 Å². The van der Waals surface area contributed by atoms with E-state index < -0.39 is 17.7 Å². The molecule has 1 N–H and O–H groups in total. The molecule has 0 bridgehead atoms. The van der Waals surface area contributed by atoms with Crippen LogP contribution in [0, 0.1) is 0 Å². The van der Waals surface area contributed by atoms with Crippen molar-refractivity contribution in [1.29, 1.82) is 0 Å². The molecule has 3 rings (SSSR count). The van der Waals surface area contributed by atoms with E-state index in [1.165, 1.54) is 0 Å². The Morgan fingerprint density at radius 3 is 2.21 bits per heavy atom. The maximum Gasteiger partial charge on any atom is 0.295 e. The van der Waals surface area contributed by atoms with Crippen molar-refractivity contribution in [2.45, 2.75) is 33.7 Å². The minimum Gasteiger partial charge on any atom is -0.507 e. The van der Waals surface area contributed by atoms with Crippen molar-refractivity contribution in [1.82, 2.24) is 9.80 Å². The first-order valence-electron chi connectivity index (χ1n) is 11.9. The van der Waals surface area contributed by atoms with Crippen molar-refractivity contribution >= 4 is 17.4 Å². The van der Waals surface area contributed by atoms with E-state index in [0.29, 0.717) is 43.4 Å². The number of Topliss-reactive ketones (excluding diaryl/α,β-unsaturated/α-hetero) is 1. The zero-order valence-electron chi connectivity index (χ0n) is 20.4. The van der Waals surface area contributed by atoms with Crippen molar-refractivity contribution in [3.8, 4) is 11.5 Å². The average molecular weight is 467 g/mol. The molecule has 2 aromatic rings. The summed E-state index contributed by atoms with van der Waals surface area (Å²) in [7, 11) is 0. The molecule has 1 unspecified atom stereocenters. The topological polar surface area (TPSA) is 79.3 Å². The number of ketones is 1. The molecule has 7 heteroatoms. The Morgan fingerprint density at radius 2 is 1.59 bits per heavy atom. The van der Waals surface area contributed by atoms with Gasteiger partial charge in [-0.05, 0) is 68.9 Å². The predicted molar refractivity (Wildman–Crippen MR) is 132 cm³/mol. The first-order valence-corrected chi connectivity index (χ1v) is 11.9. The molecule has 0 aromatic heterocycles. The van der Waals surface area contributed by atoms with Crippen molar-refractivity contribution in [3.05, 3.63) is 65.2 Å². The molecule has 0 aliphatic carbocycles. The SMILES string of the molecule is CCOc1ccc(C(O)=C2C(=O)C(=O)N(CCN(CC)CC)C2c2cccc(OCC)c2)cc1. The molecular formula is C27H34N2O5. The molecule has 34 heavy (non-hydrogen) atoms. The molecule has 1 aliphatic heterocycles. The fourth-order valence-electron chi connectivity index (χ4n) is 4.22. The van der Waals surface area contributed by atoms with Crippen LogP contribution in [0.3, 0.4) is 0 Å². The van der Waals surface area contributed by atoms with Gasteiger partial charge in [-0.2, -0.15) is 0 Å². The van der Waals surface area contributed by atoms with Gasteiger partial charge in [-0.1, -0.05) is 26.0 Å². The Kier molecular flexibility index (Phi) is 8.71. The second-order valence-electron chi connectivity index (χ2n) is 7.98. The number of benzene rings is 2. The standard InChI is InChI=1S/C27H34N2O5/c1-5-28(6-2)16-17-29-24(20-10-9-11-22(18-20)34-8-4)23(26(31)27(29)32)25(30)19-12-14-21(15-13-19)33-7-3/h9-15,18,24,30H,5-8,16-17H2,1-4H3. The molecule has 1 amide bonds. The first-order chi connectivity index (χ1) is 16.4. The second-order valence-corrected chi connectivity index (χ2v) is 7.98. The minimum absolute atomic E-state index is 0.0855. The number of hydrogen-bond donors (Lipinski definition) is 1. The number of aliphatic hydroxyl groups is 1. The molecular weight excluding hydrogens is 432 g/mol. The van der Waals surface area contributed by atoms with Crippen LogP contribution in [-0.4, -0.2) is 66.0 Å². The summed E-state index contributed by atoms with van der Waals surface area (Å²) in [5.74, 6) is -0.169. The molecule has 1 fully saturated rings. The lowest BCUT2D eigenvalue weighted by Gasteiger charge is -2.28. The lowest BCUT2D eigenvalue weighted by Crippen LogP contribution is -2.38. The average Bonchev–Trinajstić information content (AvgIpc) is 3.10. The molecule has 0 spiro atoms. The Morgan fingerprint density at radius 1 is 0.941 bits per heavy atom. The largest absolute Gasteiger partial charge is 0.507 e. The van der Waals surface area contributed by atoms with Crippen molar-refractivity contribution in [2.75, 3.05) is 39.4 Å². The van der Waals surface area contributed by atoms with Gasteiger partial charge in [0.25, 0.3) is 11.7 Å². The monoisotopic (exact) mass is 466 g/mol. The van der Waals surface area contributed by atoms with Crippen LogP contribution < -0.4 is 9.47 Å². The summed E-state index contributed by atoms with van der Waals surface area (Å²) in [4.78, 5) is 30.1. The summed E-state index contributed by atoms with van der Waals surface area (Å²) in [6.45, 7) is 11.6. The van der Waals surface area contributed by atoms with Crippen LogP contribution in [0.5, 0.6) is 11.5 Å². The van der Waals surface area contributed by atoms with E-state index in [1.807, 2.05) is 38.1 Å². The van der Waals surface area contributed by atoms with Crippen molar-refractivity contribution in [2.24, 2.45) is 0 Å². The first kappa shape index (κ1) is 25.3. The summed E-state index contributed by atoms with van der Waals surface area (Å²) < 4.78 is 11.1. The number of likely N-dealkylation sites (N-methyl/N-ethyl adjacent to an activating group) is 1. The Labute approximate surface area is 201 Å². The van der Waals surface area contributed by atoms with Gasteiger partial charge in [0.15, 0.2) is 0 Å². The fraction of sp³-hybridized carbons (Fsp3) is 0.407. The summed E-state index contributed by atoms with van der Waals surface area (Å²) in [6.07, 6.45) is 0. The Bertz CT molecular complexity index is 1030. The van der Waals surface area contributed by atoms with Gasteiger partial charge in [-0.15, -0.1) is 0 Å². The second kappa shape index (κ2) is 11.7. The highest BCUT2D eigenvalue weighted by Gasteiger charge is 2.46. The van der Waals surface area contributed by atoms with Crippen LogP contribution in [0.15, 0.2) is 54.1 Å². The maximum atomic E-state index is 13.2. The molecule has 1 aliphatic rings. The molecule has 2 aromatic carbocycles. The van der Waals surface area contributed by atoms with Crippen LogP contribution in [0.4, 0.5) is 0 Å². The van der Waals surface area contributed by atoms with Gasteiger partial charge in [0, 0.05) is 18.7 Å². The van der Waals surface area contributed by atoms with Crippen LogP contribution in [0.1, 0.15) is 44.9 Å². The predicted octanol–water partition coefficient (Wildman–Crippen LogP) is 4.25. The van der Waals surface area contributed by atoms with Crippen LogP contribution in [0.25, 0.3) is 5.76 Å². The zero-order chi connectivity index (χ0) is 24.7. The molecule has 1 saturated heterocycles. The van der Waals surface area contributed by atoms with Gasteiger partial charge in [0.2, 0.25) is 0 Å². The summed E-state index contributed by atoms with van der Waals surface area (Å²) >= 11 is 0. The van der Waals surface area contributed by atoms with Crippen LogP contribution >= 0.6 is 0 Å². The molecule has 7 nitrogen and oxygen atoms in total. The van der Waals surface area contributed by atoms with Crippen LogP contribution in [-0.2, 0) is 9.59 Å². The Hall–Kier alpha value is -3.32. The lowest BCUT2D eigenvalue weighted by molar-refractivity contribution is -0.140. The third-order valence-corrected chi connectivity index (χ3v) is 6.02. The molecule has 1 heterocycles. The highest BCUT2D eigenvalue weighted by Crippen LogP contribution is 2.40. The van der Waals surface area contributed by atoms with Crippen molar-refractivity contribution < 1.29 is 24.2 Å². The van der Waals surface area contributed by atoms with E-state index >= 15 is 0 Å². The quantitative estimate of drug-likeness (QED) is 0.303. The van der Waals surface area contributed by atoms with Gasteiger partial charge >= 0.3 is 0 Å². The lowest BCUT2D eigenvalue weighted by atomic mass is 9.95. The van der Waals surface area contributed by atoms with E-state index in [2.05, 4.69) is 18.7 Å². The van der Waals surface area contributed by atoms with Gasteiger partial charge < -0.3 is 24.4 Å². The van der Waals surface area contributed by atoms with Gasteiger partial charge in [-0.3, -0.25) is 9.59 Å². The van der Waals surface area contributed by atoms with Gasteiger partial charge in [0.1, 0.15) is 17.3 Å². The fourth-order valence-corrected chi connectivity index (χ4v) is 4.22. The molecule has 182 valence electrons. The molecule has 0 saturated carbocycles. The highest BCUT2D eigenvalue weighted by molar-refractivity contribution is 6.46. The highest BCUT2D eigenvalue weighted by atomic mass is 16.5. The van der Waals surface area contributed by atoms with E-state index in [-0.39, 0.29) is 11.3 Å². The number of amides is 1. The smallest absolute Gasteiger partial charge is 0.295 e. The normalized spacial score (nSPS) is 17.4. The van der Waals surface area contributed by atoms with E-state index in [9.17, 15) is 14.7 Å². The number of nitrogens with zero attached hydrogens (tertiary/aromatic N) is 2. The number of hydrogen-bond acceptors (Lipinski definition) is 6. The number of rotatable bonds is 11. The minimum atomic E-state index is -0.706. The van der Waals surface area contributed by atoms with Crippen molar-refractivity contribution in [3.63, 3.8) is 0 Å². The molecule has 0 radical (unpaired) electrons. The number of carbonyl (C=O) groups excluding carboxylic acids is 2. The summed E-state index contributed by atoms with van der Waals surface area (Å²) in [5, 5.41) is 11.2. The number of aliphatic hydroxyl groups excluding tert-OH is 1. The number of likely N-dealkylation sites (tertiary alicyclic amines) is 1. The maximum absolute atomic E-state index is 13.2. The summed E-state index contributed by atoms with van der Waals surface area (Å²) in [5.41, 5.74) is 1.26. The van der Waals surface area contributed by atoms with Gasteiger partial charge in [0.05, 0.1) is 24.8 Å². The summed E-state index contributed by atoms with van der Waals surface area (Å²) in [6, 6.07) is 13.5. The number of carbonyl (C=O) groups is 2. The zero-order valence-corrected chi connectivity index (χ0v) is 20.4. The van der Waals surface area contributed by atoms with E-state index in [0.717, 1.165) is 18.7 Å². The third kappa shape index (κ3) is 5.42. The molecule has 1 atom stereocenters. The third-order valence-electron chi connectivity index (χ3n) is 6.02. The number of ether oxygens (including phenoxy) is 2.